The Morgan fingerprint density at radius 2 is 1.65 bits per heavy atom. The van der Waals surface area contributed by atoms with Crippen LogP contribution in [0, 0.1) is 5.92 Å². The molecule has 5 nitrogen and oxygen atoms in total. The Bertz CT molecular complexity index is 948. The van der Waals surface area contributed by atoms with Crippen LogP contribution in [-0.2, 0) is 6.18 Å². The van der Waals surface area contributed by atoms with Crippen molar-refractivity contribution in [2.75, 3.05) is 37.4 Å². The highest BCUT2D eigenvalue weighted by atomic mass is 19.4. The number of anilines is 2. The molecule has 1 aliphatic rings. The van der Waals surface area contributed by atoms with Gasteiger partial charge in [-0.25, -0.2) is 0 Å². The molecule has 0 atom stereocenters. The van der Waals surface area contributed by atoms with Crippen molar-refractivity contribution in [2.45, 2.75) is 25.9 Å². The van der Waals surface area contributed by atoms with Crippen molar-refractivity contribution in [1.82, 2.24) is 4.90 Å². The van der Waals surface area contributed by atoms with Gasteiger partial charge in [0.15, 0.2) is 0 Å². The van der Waals surface area contributed by atoms with E-state index in [1.165, 1.54) is 0 Å². The number of rotatable bonds is 4. The van der Waals surface area contributed by atoms with Crippen LogP contribution in [0.25, 0.3) is 0 Å². The van der Waals surface area contributed by atoms with E-state index in [1.54, 1.807) is 18.2 Å². The van der Waals surface area contributed by atoms with Gasteiger partial charge in [-0.2, -0.15) is 13.2 Å². The number of likely N-dealkylation sites (tertiary alicyclic amines) is 1. The van der Waals surface area contributed by atoms with Gasteiger partial charge < -0.3 is 15.1 Å². The SMILES string of the molecule is CC1CCN(C(=O)c2cc(NC(=O)c3ccc(C(F)(F)F)cc3)ccc2N(C)C)CC1. The molecule has 8 heteroatoms. The second-order valence-electron chi connectivity index (χ2n) is 8.13. The van der Waals surface area contributed by atoms with Crippen molar-refractivity contribution in [3.8, 4) is 0 Å². The predicted molar refractivity (Wildman–Crippen MR) is 114 cm³/mol. The average Bonchev–Trinajstić information content (AvgIpc) is 2.73. The summed E-state index contributed by atoms with van der Waals surface area (Å²) in [6.07, 6.45) is -2.56. The van der Waals surface area contributed by atoms with Crippen LogP contribution in [-0.4, -0.2) is 43.9 Å². The molecule has 0 unspecified atom stereocenters. The Labute approximate surface area is 179 Å². The van der Waals surface area contributed by atoms with Gasteiger partial charge in [0.05, 0.1) is 11.1 Å². The highest BCUT2D eigenvalue weighted by Gasteiger charge is 2.30. The van der Waals surface area contributed by atoms with E-state index in [9.17, 15) is 22.8 Å². The first-order chi connectivity index (χ1) is 14.6. The van der Waals surface area contributed by atoms with Gasteiger partial charge >= 0.3 is 6.18 Å². The second kappa shape index (κ2) is 8.99. The number of amides is 2. The van der Waals surface area contributed by atoms with E-state index >= 15 is 0 Å². The Morgan fingerprint density at radius 1 is 1.03 bits per heavy atom. The summed E-state index contributed by atoms with van der Waals surface area (Å²) in [7, 11) is 3.68. The molecule has 0 bridgehead atoms. The van der Waals surface area contributed by atoms with Crippen molar-refractivity contribution in [3.63, 3.8) is 0 Å². The van der Waals surface area contributed by atoms with Crippen LogP contribution in [0.5, 0.6) is 0 Å². The topological polar surface area (TPSA) is 52.7 Å². The molecule has 1 N–H and O–H groups in total. The molecule has 0 radical (unpaired) electrons. The average molecular weight is 433 g/mol. The third kappa shape index (κ3) is 5.37. The maximum Gasteiger partial charge on any atom is 0.416 e. The van der Waals surface area contributed by atoms with E-state index in [4.69, 9.17) is 0 Å². The minimum absolute atomic E-state index is 0.0961. The Hall–Kier alpha value is -3.03. The lowest BCUT2D eigenvalue weighted by Gasteiger charge is -2.31. The Kier molecular flexibility index (Phi) is 6.57. The van der Waals surface area contributed by atoms with Crippen molar-refractivity contribution < 1.29 is 22.8 Å². The molecule has 166 valence electrons. The number of halogens is 3. The minimum atomic E-state index is -4.46. The summed E-state index contributed by atoms with van der Waals surface area (Å²) in [5.41, 5.74) is 0.899. The van der Waals surface area contributed by atoms with Gasteiger partial charge in [0, 0.05) is 44.1 Å². The molecule has 2 aromatic rings. The molecule has 31 heavy (non-hydrogen) atoms. The molecule has 1 aliphatic heterocycles. The second-order valence-corrected chi connectivity index (χ2v) is 8.13. The van der Waals surface area contributed by atoms with Gasteiger partial charge in [0.25, 0.3) is 11.8 Å². The molecule has 2 aromatic carbocycles. The molecule has 0 saturated carbocycles. The predicted octanol–water partition coefficient (Wildman–Crippen LogP) is 4.90. The fourth-order valence-electron chi connectivity index (χ4n) is 3.57. The smallest absolute Gasteiger partial charge is 0.377 e. The van der Waals surface area contributed by atoms with Gasteiger partial charge in [-0.3, -0.25) is 9.59 Å². The van der Waals surface area contributed by atoms with Crippen molar-refractivity contribution in [2.24, 2.45) is 5.92 Å². The quantitative estimate of drug-likeness (QED) is 0.747. The van der Waals surface area contributed by atoms with Crippen LogP contribution < -0.4 is 10.2 Å². The van der Waals surface area contributed by atoms with E-state index in [-0.39, 0.29) is 11.5 Å². The van der Waals surface area contributed by atoms with Gasteiger partial charge in [-0.15, -0.1) is 0 Å². The monoisotopic (exact) mass is 433 g/mol. The molecule has 1 saturated heterocycles. The van der Waals surface area contributed by atoms with Crippen LogP contribution >= 0.6 is 0 Å². The molecule has 2 amide bonds. The number of hydrogen-bond donors (Lipinski definition) is 1. The number of carbonyl (C=O) groups is 2. The zero-order valence-corrected chi connectivity index (χ0v) is 17.8. The first kappa shape index (κ1) is 22.7. The number of carbonyl (C=O) groups excluding carboxylic acids is 2. The lowest BCUT2D eigenvalue weighted by molar-refractivity contribution is -0.137. The standard InChI is InChI=1S/C23H26F3N3O2/c1-15-10-12-29(13-11-15)22(31)19-14-18(8-9-20(19)28(2)3)27-21(30)16-4-6-17(7-5-16)23(24,25)26/h4-9,14-15H,10-13H2,1-3H3,(H,27,30). The molecular weight excluding hydrogens is 407 g/mol. The van der Waals surface area contributed by atoms with E-state index in [2.05, 4.69) is 12.2 Å². The van der Waals surface area contributed by atoms with Crippen LogP contribution in [0.4, 0.5) is 24.5 Å². The third-order valence-corrected chi connectivity index (χ3v) is 5.51. The largest absolute Gasteiger partial charge is 0.416 e. The fourth-order valence-corrected chi connectivity index (χ4v) is 3.57. The summed E-state index contributed by atoms with van der Waals surface area (Å²) in [5, 5.41) is 2.68. The summed E-state index contributed by atoms with van der Waals surface area (Å²) in [5.74, 6) is -0.0514. The van der Waals surface area contributed by atoms with Gasteiger partial charge in [0.1, 0.15) is 0 Å². The van der Waals surface area contributed by atoms with Crippen LogP contribution in [0.2, 0.25) is 0 Å². The lowest BCUT2D eigenvalue weighted by Crippen LogP contribution is -2.38. The maximum absolute atomic E-state index is 13.2. The number of hydrogen-bond acceptors (Lipinski definition) is 3. The number of benzene rings is 2. The highest BCUT2D eigenvalue weighted by Crippen LogP contribution is 2.30. The first-order valence-electron chi connectivity index (χ1n) is 10.2. The summed E-state index contributed by atoms with van der Waals surface area (Å²) < 4.78 is 38.2. The van der Waals surface area contributed by atoms with E-state index in [1.807, 2.05) is 23.9 Å². The normalized spacial score (nSPS) is 15.0. The van der Waals surface area contributed by atoms with Crippen molar-refractivity contribution >= 4 is 23.2 Å². The van der Waals surface area contributed by atoms with E-state index in [0.29, 0.717) is 30.3 Å². The van der Waals surface area contributed by atoms with Gasteiger partial charge in [-0.1, -0.05) is 6.92 Å². The zero-order chi connectivity index (χ0) is 22.8. The van der Waals surface area contributed by atoms with E-state index in [0.717, 1.165) is 42.8 Å². The maximum atomic E-state index is 13.2. The zero-order valence-electron chi connectivity index (χ0n) is 17.8. The van der Waals surface area contributed by atoms with Crippen LogP contribution in [0.1, 0.15) is 46.0 Å². The summed E-state index contributed by atoms with van der Waals surface area (Å²) in [6.45, 7) is 3.55. The van der Waals surface area contributed by atoms with Gasteiger partial charge in [-0.05, 0) is 61.2 Å². The Balaban J connectivity index is 1.81. The molecule has 3 rings (SSSR count). The molecule has 0 spiro atoms. The number of alkyl halides is 3. The molecule has 1 heterocycles. The van der Waals surface area contributed by atoms with Crippen LogP contribution in [0.15, 0.2) is 42.5 Å². The number of piperidine rings is 1. The minimum Gasteiger partial charge on any atom is -0.377 e. The fraction of sp³-hybridized carbons (Fsp3) is 0.391. The number of nitrogens with one attached hydrogen (secondary N) is 1. The number of nitrogens with zero attached hydrogens (tertiary/aromatic N) is 2. The molecule has 0 aliphatic carbocycles. The first-order valence-corrected chi connectivity index (χ1v) is 10.2. The summed E-state index contributed by atoms with van der Waals surface area (Å²) in [6, 6.07) is 9.06. The summed E-state index contributed by atoms with van der Waals surface area (Å²) >= 11 is 0. The van der Waals surface area contributed by atoms with E-state index < -0.39 is 17.6 Å². The molecular formula is C23H26F3N3O2. The third-order valence-electron chi connectivity index (χ3n) is 5.51. The Morgan fingerprint density at radius 3 is 2.19 bits per heavy atom. The summed E-state index contributed by atoms with van der Waals surface area (Å²) in [4.78, 5) is 29.3. The van der Waals surface area contributed by atoms with Crippen LogP contribution in [0.3, 0.4) is 0 Å². The molecule has 0 aromatic heterocycles. The van der Waals surface area contributed by atoms with Crippen molar-refractivity contribution in [1.29, 1.82) is 0 Å². The highest BCUT2D eigenvalue weighted by molar-refractivity contribution is 6.06. The van der Waals surface area contributed by atoms with Gasteiger partial charge in [0.2, 0.25) is 0 Å². The van der Waals surface area contributed by atoms with Crippen molar-refractivity contribution in [3.05, 3.63) is 59.2 Å². The molecule has 1 fully saturated rings. The lowest BCUT2D eigenvalue weighted by atomic mass is 9.98.